The molecule has 1 unspecified atom stereocenters. The molecule has 3 heteroatoms. The van der Waals surface area contributed by atoms with E-state index in [1.807, 2.05) is 0 Å². The molecule has 0 radical (unpaired) electrons. The molecule has 0 amide bonds. The number of fused-ring (bicyclic) bond motifs is 1. The molecule has 0 aliphatic carbocycles. The zero-order valence-corrected chi connectivity index (χ0v) is 12.2. The lowest BCUT2D eigenvalue weighted by Gasteiger charge is -2.27. The van der Waals surface area contributed by atoms with Crippen molar-refractivity contribution in [1.29, 1.82) is 0 Å². The Morgan fingerprint density at radius 2 is 2.06 bits per heavy atom. The van der Waals surface area contributed by atoms with Crippen LogP contribution >= 0.6 is 0 Å². The largest absolute Gasteiger partial charge is 0.360 e. The Kier molecular flexibility index (Phi) is 5.48. The highest BCUT2D eigenvalue weighted by atomic mass is 15.2. The van der Waals surface area contributed by atoms with E-state index < -0.39 is 0 Å². The van der Waals surface area contributed by atoms with Crippen molar-refractivity contribution in [3.8, 4) is 0 Å². The number of nitrogens with zero attached hydrogens (tertiary/aromatic N) is 3. The molecule has 0 aromatic rings. The van der Waals surface area contributed by atoms with Crippen LogP contribution in [0.15, 0.2) is 4.99 Å². The van der Waals surface area contributed by atoms with Gasteiger partial charge in [0.15, 0.2) is 0 Å². The molecular weight excluding hydrogens is 222 g/mol. The molecular formula is C15H29N3. The molecule has 0 aromatic heterocycles. The summed E-state index contributed by atoms with van der Waals surface area (Å²) in [4.78, 5) is 9.80. The van der Waals surface area contributed by atoms with E-state index in [2.05, 4.69) is 23.6 Å². The van der Waals surface area contributed by atoms with E-state index in [4.69, 9.17) is 4.99 Å². The second-order valence-corrected chi connectivity index (χ2v) is 5.65. The van der Waals surface area contributed by atoms with Crippen molar-refractivity contribution in [3.63, 3.8) is 0 Å². The van der Waals surface area contributed by atoms with Crippen molar-refractivity contribution < 1.29 is 0 Å². The average molecular weight is 251 g/mol. The molecule has 1 fully saturated rings. The maximum Gasteiger partial charge on any atom is 0.0989 e. The van der Waals surface area contributed by atoms with Crippen molar-refractivity contribution in [2.45, 2.75) is 46.0 Å². The topological polar surface area (TPSA) is 18.8 Å². The van der Waals surface area contributed by atoms with E-state index in [-0.39, 0.29) is 0 Å². The Labute approximate surface area is 112 Å². The summed E-state index contributed by atoms with van der Waals surface area (Å²) in [5.74, 6) is 2.32. The van der Waals surface area contributed by atoms with Gasteiger partial charge in [-0.2, -0.15) is 0 Å². The number of amidine groups is 1. The van der Waals surface area contributed by atoms with Crippen LogP contribution in [0.4, 0.5) is 0 Å². The first-order valence-corrected chi connectivity index (χ1v) is 7.84. The molecule has 0 bridgehead atoms. The number of hydrogen-bond donors (Lipinski definition) is 0. The summed E-state index contributed by atoms with van der Waals surface area (Å²) in [6.45, 7) is 11.8. The van der Waals surface area contributed by atoms with Crippen LogP contribution in [0.1, 0.15) is 46.0 Å². The molecule has 0 saturated carbocycles. The fourth-order valence-corrected chi connectivity index (χ4v) is 3.19. The van der Waals surface area contributed by atoms with Gasteiger partial charge in [-0.15, -0.1) is 0 Å². The zero-order chi connectivity index (χ0) is 12.8. The first kappa shape index (κ1) is 13.9. The molecule has 2 aliphatic rings. The van der Waals surface area contributed by atoms with Crippen LogP contribution in [0.2, 0.25) is 0 Å². The highest BCUT2D eigenvalue weighted by Crippen LogP contribution is 2.23. The molecule has 1 saturated heterocycles. The Morgan fingerprint density at radius 1 is 1.22 bits per heavy atom. The maximum atomic E-state index is 4.71. The van der Waals surface area contributed by atoms with Crippen molar-refractivity contribution in [2.75, 3.05) is 39.3 Å². The van der Waals surface area contributed by atoms with Gasteiger partial charge in [-0.1, -0.05) is 13.8 Å². The standard InChI is InChI=1S/C15H29N3/c1-3-17(4-2)12-8-14-6-7-15-16-10-5-11-18(15)13-9-14/h14H,3-13H2,1-2H3. The van der Waals surface area contributed by atoms with E-state index in [0.29, 0.717) is 0 Å². The Hall–Kier alpha value is -0.570. The summed E-state index contributed by atoms with van der Waals surface area (Å²) in [7, 11) is 0. The number of hydrogen-bond acceptors (Lipinski definition) is 3. The lowest BCUT2D eigenvalue weighted by atomic mass is 9.96. The maximum absolute atomic E-state index is 4.71. The third-order valence-electron chi connectivity index (χ3n) is 4.58. The summed E-state index contributed by atoms with van der Waals surface area (Å²) < 4.78 is 0. The fourth-order valence-electron chi connectivity index (χ4n) is 3.19. The lowest BCUT2D eigenvalue weighted by molar-refractivity contribution is 0.263. The monoisotopic (exact) mass is 251 g/mol. The van der Waals surface area contributed by atoms with E-state index in [1.54, 1.807) is 0 Å². The average Bonchev–Trinajstić information content (AvgIpc) is 2.63. The summed E-state index contributed by atoms with van der Waals surface area (Å²) in [5, 5.41) is 0. The minimum Gasteiger partial charge on any atom is -0.360 e. The summed E-state index contributed by atoms with van der Waals surface area (Å²) in [5.41, 5.74) is 0. The van der Waals surface area contributed by atoms with Gasteiger partial charge in [-0.25, -0.2) is 0 Å². The van der Waals surface area contributed by atoms with Gasteiger partial charge in [0.2, 0.25) is 0 Å². The zero-order valence-electron chi connectivity index (χ0n) is 12.2. The molecule has 3 nitrogen and oxygen atoms in total. The summed E-state index contributed by atoms with van der Waals surface area (Å²) in [6, 6.07) is 0. The third kappa shape index (κ3) is 3.71. The molecule has 0 spiro atoms. The predicted molar refractivity (Wildman–Crippen MR) is 78.2 cm³/mol. The van der Waals surface area contributed by atoms with Gasteiger partial charge in [0.25, 0.3) is 0 Å². The Balaban J connectivity index is 1.78. The molecule has 2 aliphatic heterocycles. The highest BCUT2D eigenvalue weighted by molar-refractivity contribution is 5.83. The lowest BCUT2D eigenvalue weighted by Crippen LogP contribution is -2.35. The normalized spacial score (nSPS) is 24.7. The predicted octanol–water partition coefficient (Wildman–Crippen LogP) is 2.62. The smallest absolute Gasteiger partial charge is 0.0989 e. The van der Waals surface area contributed by atoms with Crippen molar-refractivity contribution >= 4 is 5.84 Å². The van der Waals surface area contributed by atoms with Crippen LogP contribution in [0.3, 0.4) is 0 Å². The van der Waals surface area contributed by atoms with Crippen LogP contribution in [0, 0.1) is 5.92 Å². The van der Waals surface area contributed by atoms with Crippen LogP contribution in [-0.2, 0) is 0 Å². The Bertz CT molecular complexity index is 271. The fraction of sp³-hybridized carbons (Fsp3) is 0.933. The quantitative estimate of drug-likeness (QED) is 0.748. The molecule has 18 heavy (non-hydrogen) atoms. The number of aliphatic imine (C=N–C) groups is 1. The van der Waals surface area contributed by atoms with E-state index in [9.17, 15) is 0 Å². The number of rotatable bonds is 5. The molecule has 2 heterocycles. The van der Waals surface area contributed by atoms with Crippen LogP contribution < -0.4 is 0 Å². The second-order valence-electron chi connectivity index (χ2n) is 5.65. The molecule has 104 valence electrons. The first-order valence-electron chi connectivity index (χ1n) is 7.84. The van der Waals surface area contributed by atoms with E-state index >= 15 is 0 Å². The van der Waals surface area contributed by atoms with E-state index in [1.165, 1.54) is 70.7 Å². The third-order valence-corrected chi connectivity index (χ3v) is 4.58. The molecule has 0 aromatic carbocycles. The van der Waals surface area contributed by atoms with Gasteiger partial charge in [0, 0.05) is 26.1 Å². The van der Waals surface area contributed by atoms with Gasteiger partial charge in [-0.05, 0) is 51.2 Å². The highest BCUT2D eigenvalue weighted by Gasteiger charge is 2.22. The van der Waals surface area contributed by atoms with Gasteiger partial charge in [-0.3, -0.25) is 4.99 Å². The van der Waals surface area contributed by atoms with Crippen LogP contribution in [0.25, 0.3) is 0 Å². The summed E-state index contributed by atoms with van der Waals surface area (Å²) in [6.07, 6.45) is 6.59. The first-order chi connectivity index (χ1) is 8.83. The van der Waals surface area contributed by atoms with Crippen LogP contribution in [-0.4, -0.2) is 54.9 Å². The van der Waals surface area contributed by atoms with Gasteiger partial charge >= 0.3 is 0 Å². The molecule has 1 atom stereocenters. The second kappa shape index (κ2) is 7.13. The van der Waals surface area contributed by atoms with Gasteiger partial charge in [0.1, 0.15) is 0 Å². The molecule has 2 rings (SSSR count). The van der Waals surface area contributed by atoms with Crippen molar-refractivity contribution in [1.82, 2.24) is 9.80 Å². The van der Waals surface area contributed by atoms with E-state index in [0.717, 1.165) is 12.5 Å². The minimum atomic E-state index is 0.916. The van der Waals surface area contributed by atoms with Crippen LogP contribution in [0.5, 0.6) is 0 Å². The van der Waals surface area contributed by atoms with Crippen molar-refractivity contribution in [2.24, 2.45) is 10.9 Å². The molecule has 0 N–H and O–H groups in total. The van der Waals surface area contributed by atoms with Crippen molar-refractivity contribution in [3.05, 3.63) is 0 Å². The minimum absolute atomic E-state index is 0.916. The SMILES string of the molecule is CCN(CC)CCC1CCC2=NCCCN2CC1. The van der Waals surface area contributed by atoms with Gasteiger partial charge < -0.3 is 9.80 Å². The Morgan fingerprint density at radius 3 is 2.83 bits per heavy atom. The summed E-state index contributed by atoms with van der Waals surface area (Å²) >= 11 is 0. The van der Waals surface area contributed by atoms with Gasteiger partial charge in [0.05, 0.1) is 5.84 Å².